The first-order valence-corrected chi connectivity index (χ1v) is 10.0. The van der Waals surface area contributed by atoms with Crippen molar-refractivity contribution >= 4 is 29.1 Å². The quantitative estimate of drug-likeness (QED) is 0.653. The maximum Gasteiger partial charge on any atom is 0.422 e. The van der Waals surface area contributed by atoms with E-state index in [4.69, 9.17) is 27.9 Å². The molecule has 1 saturated carbocycles. The molecule has 1 amide bonds. The van der Waals surface area contributed by atoms with E-state index in [2.05, 4.69) is 10.3 Å². The number of aliphatic hydroxyl groups excluding tert-OH is 1. The van der Waals surface area contributed by atoms with E-state index in [0.29, 0.717) is 18.4 Å². The molecule has 0 spiro atoms. The fourth-order valence-electron chi connectivity index (χ4n) is 3.24. The van der Waals surface area contributed by atoms with Gasteiger partial charge in [-0.1, -0.05) is 42.1 Å². The van der Waals surface area contributed by atoms with Crippen molar-refractivity contribution in [2.24, 2.45) is 0 Å². The molecule has 30 heavy (non-hydrogen) atoms. The third-order valence-corrected chi connectivity index (χ3v) is 5.50. The number of halogens is 5. The Hall–Kier alpha value is -2.03. The molecule has 2 atom stereocenters. The highest BCUT2D eigenvalue weighted by atomic mass is 35.5. The molecule has 2 N–H and O–H groups in total. The molecule has 0 bridgehead atoms. The molecule has 1 fully saturated rings. The molecular weight excluding hydrogens is 444 g/mol. The van der Waals surface area contributed by atoms with E-state index in [1.54, 1.807) is 0 Å². The van der Waals surface area contributed by atoms with Crippen LogP contribution < -0.4 is 10.1 Å². The van der Waals surface area contributed by atoms with Crippen molar-refractivity contribution in [2.75, 3.05) is 6.61 Å². The summed E-state index contributed by atoms with van der Waals surface area (Å²) in [5.41, 5.74) is 0.671. The van der Waals surface area contributed by atoms with Gasteiger partial charge >= 0.3 is 6.18 Å². The lowest BCUT2D eigenvalue weighted by molar-refractivity contribution is -0.154. The Kier molecular flexibility index (Phi) is 7.10. The van der Waals surface area contributed by atoms with Gasteiger partial charge in [-0.15, -0.1) is 0 Å². The van der Waals surface area contributed by atoms with Gasteiger partial charge in [-0.3, -0.25) is 4.79 Å². The molecule has 1 heterocycles. The Morgan fingerprint density at radius 1 is 1.20 bits per heavy atom. The summed E-state index contributed by atoms with van der Waals surface area (Å²) in [7, 11) is 0. The van der Waals surface area contributed by atoms with Gasteiger partial charge < -0.3 is 15.2 Å². The Bertz CT molecular complexity index is 925. The van der Waals surface area contributed by atoms with Gasteiger partial charge in [0.2, 0.25) is 5.88 Å². The number of aromatic nitrogens is 1. The Labute approximate surface area is 181 Å². The molecule has 5 nitrogen and oxygen atoms in total. The minimum Gasteiger partial charge on any atom is -0.468 e. The van der Waals surface area contributed by atoms with Crippen molar-refractivity contribution in [1.29, 1.82) is 0 Å². The number of hydrogen-bond donors (Lipinski definition) is 2. The van der Waals surface area contributed by atoms with Crippen LogP contribution in [0, 0.1) is 0 Å². The van der Waals surface area contributed by atoms with E-state index in [1.807, 2.05) is 0 Å². The highest BCUT2D eigenvalue weighted by Gasteiger charge is 2.30. The number of rotatable bonds is 5. The van der Waals surface area contributed by atoms with Crippen LogP contribution in [0.5, 0.6) is 5.88 Å². The van der Waals surface area contributed by atoms with Crippen molar-refractivity contribution in [3.63, 3.8) is 0 Å². The smallest absolute Gasteiger partial charge is 0.422 e. The van der Waals surface area contributed by atoms with Crippen LogP contribution >= 0.6 is 23.2 Å². The first kappa shape index (κ1) is 22.7. The number of benzene rings is 1. The predicted octanol–water partition coefficient (Wildman–Crippen LogP) is 5.03. The number of nitrogens with zero attached hydrogens (tertiary/aromatic N) is 1. The fourth-order valence-corrected chi connectivity index (χ4v) is 3.54. The van der Waals surface area contributed by atoms with Crippen LogP contribution in [-0.2, 0) is 0 Å². The number of alkyl halides is 3. The second kappa shape index (κ2) is 9.41. The first-order valence-electron chi connectivity index (χ1n) is 9.28. The van der Waals surface area contributed by atoms with Crippen LogP contribution in [0.15, 0.2) is 30.5 Å². The molecule has 1 aromatic heterocycles. The van der Waals surface area contributed by atoms with E-state index >= 15 is 0 Å². The van der Waals surface area contributed by atoms with Crippen molar-refractivity contribution in [1.82, 2.24) is 10.3 Å². The number of pyridine rings is 1. The lowest BCUT2D eigenvalue weighted by Gasteiger charge is -2.28. The van der Waals surface area contributed by atoms with Crippen LogP contribution in [0.25, 0.3) is 11.1 Å². The molecule has 2 aromatic rings. The average molecular weight is 463 g/mol. The molecule has 10 heteroatoms. The summed E-state index contributed by atoms with van der Waals surface area (Å²) in [6, 6.07) is 5.47. The normalized spacial score (nSPS) is 19.4. The van der Waals surface area contributed by atoms with Gasteiger partial charge in [-0.25, -0.2) is 4.98 Å². The van der Waals surface area contributed by atoms with Gasteiger partial charge in [-0.2, -0.15) is 13.2 Å². The summed E-state index contributed by atoms with van der Waals surface area (Å²) in [6.45, 7) is -1.53. The average Bonchev–Trinajstić information content (AvgIpc) is 2.69. The lowest BCUT2D eigenvalue weighted by atomic mass is 9.92. The van der Waals surface area contributed by atoms with Gasteiger partial charge in [0.1, 0.15) is 0 Å². The number of hydrogen-bond acceptors (Lipinski definition) is 4. The molecule has 1 aromatic carbocycles. The van der Waals surface area contributed by atoms with Gasteiger partial charge in [0, 0.05) is 11.8 Å². The minimum atomic E-state index is -4.55. The van der Waals surface area contributed by atoms with Crippen molar-refractivity contribution < 1.29 is 27.8 Å². The van der Waals surface area contributed by atoms with Crippen LogP contribution in [0.2, 0.25) is 10.0 Å². The number of aliphatic hydroxyl groups is 1. The molecular formula is C20H19Cl2F3N2O3. The minimum absolute atomic E-state index is 0.119. The Balaban J connectivity index is 1.91. The maximum atomic E-state index is 12.7. The summed E-state index contributed by atoms with van der Waals surface area (Å²) in [4.78, 5) is 16.6. The highest BCUT2D eigenvalue weighted by molar-refractivity contribution is 6.42. The highest BCUT2D eigenvalue weighted by Crippen LogP contribution is 2.34. The van der Waals surface area contributed by atoms with Gasteiger partial charge in [0.05, 0.1) is 27.8 Å². The fraction of sp³-hybridized carbons (Fsp3) is 0.400. The van der Waals surface area contributed by atoms with Crippen molar-refractivity contribution in [3.05, 3.63) is 46.1 Å². The zero-order chi connectivity index (χ0) is 21.9. The predicted molar refractivity (Wildman–Crippen MR) is 107 cm³/mol. The summed E-state index contributed by atoms with van der Waals surface area (Å²) in [6.07, 6.45) is -1.03. The largest absolute Gasteiger partial charge is 0.468 e. The van der Waals surface area contributed by atoms with E-state index in [9.17, 15) is 23.1 Å². The third kappa shape index (κ3) is 5.77. The Morgan fingerprint density at radius 2 is 1.93 bits per heavy atom. The molecule has 3 rings (SSSR count). The number of nitrogens with one attached hydrogen (secondary N) is 1. The standard InChI is InChI=1S/C20H19Cl2F3N2O3/c21-14-6-5-11(8-15(14)22)13-7-12(9-26-19(13)30-10-20(23,24)25)18(29)27-16-3-1-2-4-17(16)28/h5-9,16-17,28H,1-4,10H2,(H,27,29)/t16-,17?/m1/s1. The summed E-state index contributed by atoms with van der Waals surface area (Å²) in [5, 5.41) is 13.3. The lowest BCUT2D eigenvalue weighted by Crippen LogP contribution is -2.45. The van der Waals surface area contributed by atoms with E-state index in [-0.39, 0.29) is 33.1 Å². The van der Waals surface area contributed by atoms with E-state index < -0.39 is 24.8 Å². The van der Waals surface area contributed by atoms with Gasteiger partial charge in [0.15, 0.2) is 6.61 Å². The van der Waals surface area contributed by atoms with E-state index in [0.717, 1.165) is 19.0 Å². The van der Waals surface area contributed by atoms with Crippen LogP contribution in [0.1, 0.15) is 36.0 Å². The maximum absolute atomic E-state index is 12.7. The molecule has 1 aliphatic carbocycles. The van der Waals surface area contributed by atoms with Gasteiger partial charge in [-0.05, 0) is 36.6 Å². The van der Waals surface area contributed by atoms with Gasteiger partial charge in [0.25, 0.3) is 5.91 Å². The van der Waals surface area contributed by atoms with Crippen LogP contribution in [0.3, 0.4) is 0 Å². The zero-order valence-electron chi connectivity index (χ0n) is 15.7. The topological polar surface area (TPSA) is 71.5 Å². The molecule has 1 unspecified atom stereocenters. The van der Waals surface area contributed by atoms with Crippen molar-refractivity contribution in [3.8, 4) is 17.0 Å². The second-order valence-electron chi connectivity index (χ2n) is 7.04. The molecule has 0 saturated heterocycles. The molecule has 0 aliphatic heterocycles. The van der Waals surface area contributed by atoms with Crippen LogP contribution in [0.4, 0.5) is 13.2 Å². The summed E-state index contributed by atoms with van der Waals surface area (Å²) in [5.74, 6) is -0.780. The zero-order valence-corrected chi connectivity index (χ0v) is 17.2. The number of ether oxygens (including phenoxy) is 1. The number of carbonyl (C=O) groups is 1. The Morgan fingerprint density at radius 3 is 2.60 bits per heavy atom. The molecule has 1 aliphatic rings. The number of amides is 1. The SMILES string of the molecule is O=C(N[C@@H]1CCCCC1O)c1cnc(OCC(F)(F)F)c(-c2ccc(Cl)c(Cl)c2)c1. The molecule has 0 radical (unpaired) electrons. The van der Waals surface area contributed by atoms with E-state index in [1.165, 1.54) is 24.3 Å². The van der Waals surface area contributed by atoms with Crippen LogP contribution in [-0.4, -0.2) is 40.9 Å². The van der Waals surface area contributed by atoms with Crippen molar-refractivity contribution in [2.45, 2.75) is 44.0 Å². The summed E-state index contributed by atoms with van der Waals surface area (Å²) >= 11 is 12.0. The first-order chi connectivity index (χ1) is 14.1. The third-order valence-electron chi connectivity index (χ3n) is 4.76. The number of carbonyl (C=O) groups excluding carboxylic acids is 1. The monoisotopic (exact) mass is 462 g/mol. The molecule has 162 valence electrons. The second-order valence-corrected chi connectivity index (χ2v) is 7.86. The summed E-state index contributed by atoms with van der Waals surface area (Å²) < 4.78 is 42.7.